The van der Waals surface area contributed by atoms with Crippen LogP contribution in [0.4, 0.5) is 16.4 Å². The Hall–Kier alpha value is -2.08. The Morgan fingerprint density at radius 1 is 1.35 bits per heavy atom. The molecular formula is C14H17N3O2S. The molecule has 2 N–H and O–H groups in total. The molecule has 0 aliphatic heterocycles. The number of anilines is 3. The average molecular weight is 291 g/mol. The zero-order valence-corrected chi connectivity index (χ0v) is 12.7. The highest BCUT2D eigenvalue weighted by atomic mass is 32.1. The summed E-state index contributed by atoms with van der Waals surface area (Å²) in [7, 11) is 3.96. The SMILES string of the molecule is Cc1ccc(Nc2snc(C)c2C(=O)O)cc1N(C)C. The molecular weight excluding hydrogens is 274 g/mol. The lowest BCUT2D eigenvalue weighted by atomic mass is 10.1. The Morgan fingerprint density at radius 2 is 2.05 bits per heavy atom. The zero-order valence-electron chi connectivity index (χ0n) is 11.9. The normalized spacial score (nSPS) is 10.4. The summed E-state index contributed by atoms with van der Waals surface area (Å²) in [5, 5.41) is 12.9. The summed E-state index contributed by atoms with van der Waals surface area (Å²) in [6.07, 6.45) is 0. The van der Waals surface area contributed by atoms with E-state index in [1.54, 1.807) is 6.92 Å². The predicted octanol–water partition coefficient (Wildman–Crippen LogP) is 3.27. The largest absolute Gasteiger partial charge is 0.478 e. The van der Waals surface area contributed by atoms with Crippen molar-refractivity contribution in [2.45, 2.75) is 13.8 Å². The van der Waals surface area contributed by atoms with E-state index in [1.165, 1.54) is 5.56 Å². The van der Waals surface area contributed by atoms with Crippen molar-refractivity contribution in [3.63, 3.8) is 0 Å². The van der Waals surface area contributed by atoms with Crippen LogP contribution in [0.15, 0.2) is 18.2 Å². The standard InChI is InChI=1S/C14H17N3O2S/c1-8-5-6-10(7-11(8)17(3)4)15-13-12(14(18)19)9(2)16-20-13/h5-7,15H,1-4H3,(H,18,19). The Balaban J connectivity index is 2.36. The van der Waals surface area contributed by atoms with Crippen molar-refractivity contribution >= 4 is 33.9 Å². The van der Waals surface area contributed by atoms with Gasteiger partial charge in [-0.15, -0.1) is 0 Å². The first-order valence-corrected chi connectivity index (χ1v) is 6.92. The maximum absolute atomic E-state index is 11.2. The molecule has 0 atom stereocenters. The number of rotatable bonds is 4. The van der Waals surface area contributed by atoms with Crippen LogP contribution < -0.4 is 10.2 Å². The number of aromatic nitrogens is 1. The van der Waals surface area contributed by atoms with Crippen molar-refractivity contribution in [1.82, 2.24) is 4.37 Å². The molecule has 0 spiro atoms. The van der Waals surface area contributed by atoms with Gasteiger partial charge in [0, 0.05) is 25.5 Å². The molecule has 6 heteroatoms. The van der Waals surface area contributed by atoms with Crippen molar-refractivity contribution in [3.05, 3.63) is 35.0 Å². The van der Waals surface area contributed by atoms with Crippen LogP contribution in [-0.2, 0) is 0 Å². The molecule has 106 valence electrons. The van der Waals surface area contributed by atoms with Gasteiger partial charge in [-0.05, 0) is 43.1 Å². The molecule has 1 heterocycles. The molecule has 0 radical (unpaired) electrons. The summed E-state index contributed by atoms with van der Waals surface area (Å²) in [5.41, 5.74) is 3.88. The van der Waals surface area contributed by atoms with Gasteiger partial charge in [-0.1, -0.05) is 6.07 Å². The van der Waals surface area contributed by atoms with Crippen LogP contribution in [0.3, 0.4) is 0 Å². The Bertz CT molecular complexity index is 650. The number of hydrogen-bond donors (Lipinski definition) is 2. The molecule has 0 saturated heterocycles. The van der Waals surface area contributed by atoms with E-state index in [4.69, 9.17) is 0 Å². The van der Waals surface area contributed by atoms with E-state index in [1.807, 2.05) is 44.1 Å². The number of carboxylic acid groups (broad SMARTS) is 1. The number of hydrogen-bond acceptors (Lipinski definition) is 5. The Kier molecular flexibility index (Phi) is 3.94. The number of aromatic carboxylic acids is 1. The molecule has 20 heavy (non-hydrogen) atoms. The summed E-state index contributed by atoms with van der Waals surface area (Å²) in [4.78, 5) is 13.3. The number of nitrogens with one attached hydrogen (secondary N) is 1. The summed E-state index contributed by atoms with van der Waals surface area (Å²) in [6, 6.07) is 5.94. The second-order valence-corrected chi connectivity index (χ2v) is 5.57. The van der Waals surface area contributed by atoms with Crippen molar-refractivity contribution < 1.29 is 9.90 Å². The first kappa shape index (κ1) is 14.3. The average Bonchev–Trinajstić information content (AvgIpc) is 2.72. The molecule has 0 aliphatic carbocycles. The van der Waals surface area contributed by atoms with Crippen LogP contribution in [0.5, 0.6) is 0 Å². The molecule has 2 rings (SSSR count). The van der Waals surface area contributed by atoms with E-state index in [9.17, 15) is 9.90 Å². The van der Waals surface area contributed by atoms with E-state index < -0.39 is 5.97 Å². The highest BCUT2D eigenvalue weighted by Gasteiger charge is 2.17. The second-order valence-electron chi connectivity index (χ2n) is 4.80. The van der Waals surface area contributed by atoms with E-state index >= 15 is 0 Å². The van der Waals surface area contributed by atoms with Crippen LogP contribution in [-0.4, -0.2) is 29.5 Å². The molecule has 0 unspecified atom stereocenters. The Labute approximate surface area is 122 Å². The van der Waals surface area contributed by atoms with E-state index in [2.05, 4.69) is 9.69 Å². The lowest BCUT2D eigenvalue weighted by molar-refractivity contribution is 0.0697. The smallest absolute Gasteiger partial charge is 0.340 e. The van der Waals surface area contributed by atoms with Gasteiger partial charge in [0.2, 0.25) is 0 Å². The molecule has 0 aliphatic rings. The second kappa shape index (κ2) is 5.50. The van der Waals surface area contributed by atoms with Gasteiger partial charge in [0.25, 0.3) is 0 Å². The minimum atomic E-state index is -0.960. The molecule has 1 aromatic carbocycles. The highest BCUT2D eigenvalue weighted by Crippen LogP contribution is 2.30. The monoisotopic (exact) mass is 291 g/mol. The van der Waals surface area contributed by atoms with Gasteiger partial charge in [-0.2, -0.15) is 4.37 Å². The third-order valence-electron chi connectivity index (χ3n) is 3.03. The van der Waals surface area contributed by atoms with Gasteiger partial charge in [0.1, 0.15) is 10.6 Å². The molecule has 0 fully saturated rings. The van der Waals surface area contributed by atoms with Crippen LogP contribution in [0.1, 0.15) is 21.6 Å². The first-order valence-electron chi connectivity index (χ1n) is 6.14. The van der Waals surface area contributed by atoms with Gasteiger partial charge in [-0.25, -0.2) is 4.79 Å². The van der Waals surface area contributed by atoms with Gasteiger partial charge in [0.05, 0.1) is 5.69 Å². The van der Waals surface area contributed by atoms with E-state index in [-0.39, 0.29) is 5.56 Å². The minimum Gasteiger partial charge on any atom is -0.478 e. The molecule has 5 nitrogen and oxygen atoms in total. The van der Waals surface area contributed by atoms with Crippen molar-refractivity contribution in [2.75, 3.05) is 24.3 Å². The summed E-state index contributed by atoms with van der Waals surface area (Å²) in [5.74, 6) is -0.960. The summed E-state index contributed by atoms with van der Waals surface area (Å²) >= 11 is 1.16. The van der Waals surface area contributed by atoms with Gasteiger partial charge in [-0.3, -0.25) is 0 Å². The fraction of sp³-hybridized carbons (Fsp3) is 0.286. The number of carboxylic acids is 1. The maximum atomic E-state index is 11.2. The fourth-order valence-electron chi connectivity index (χ4n) is 2.01. The first-order chi connectivity index (χ1) is 9.40. The predicted molar refractivity (Wildman–Crippen MR) is 82.6 cm³/mol. The number of benzene rings is 1. The fourth-order valence-corrected chi connectivity index (χ4v) is 2.82. The van der Waals surface area contributed by atoms with Gasteiger partial charge < -0.3 is 15.3 Å². The van der Waals surface area contributed by atoms with Crippen molar-refractivity contribution in [1.29, 1.82) is 0 Å². The van der Waals surface area contributed by atoms with Crippen LogP contribution in [0.25, 0.3) is 0 Å². The zero-order chi connectivity index (χ0) is 14.9. The lowest BCUT2D eigenvalue weighted by Gasteiger charge is -2.17. The van der Waals surface area contributed by atoms with E-state index in [0.29, 0.717) is 10.7 Å². The maximum Gasteiger partial charge on any atom is 0.340 e. The van der Waals surface area contributed by atoms with Crippen LogP contribution in [0, 0.1) is 13.8 Å². The summed E-state index contributed by atoms with van der Waals surface area (Å²) < 4.78 is 4.10. The molecule has 1 aromatic heterocycles. The topological polar surface area (TPSA) is 65.5 Å². The molecule has 0 amide bonds. The number of nitrogens with zero attached hydrogens (tertiary/aromatic N) is 2. The van der Waals surface area contributed by atoms with Crippen molar-refractivity contribution in [2.24, 2.45) is 0 Å². The quantitative estimate of drug-likeness (QED) is 0.905. The molecule has 2 aromatic rings. The number of carbonyl (C=O) groups is 1. The van der Waals surface area contributed by atoms with Crippen LogP contribution in [0.2, 0.25) is 0 Å². The third kappa shape index (κ3) is 2.75. The van der Waals surface area contributed by atoms with Crippen molar-refractivity contribution in [3.8, 4) is 0 Å². The molecule has 0 bridgehead atoms. The van der Waals surface area contributed by atoms with Gasteiger partial charge >= 0.3 is 5.97 Å². The third-order valence-corrected chi connectivity index (χ3v) is 3.88. The van der Waals surface area contributed by atoms with Crippen LogP contribution >= 0.6 is 11.5 Å². The lowest BCUT2D eigenvalue weighted by Crippen LogP contribution is -2.10. The van der Waals surface area contributed by atoms with Gasteiger partial charge in [0.15, 0.2) is 0 Å². The number of aryl methyl sites for hydroxylation is 2. The molecule has 0 saturated carbocycles. The van der Waals surface area contributed by atoms with E-state index in [0.717, 1.165) is 22.9 Å². The minimum absolute atomic E-state index is 0.238. The highest BCUT2D eigenvalue weighted by molar-refractivity contribution is 7.10. The Morgan fingerprint density at radius 3 is 2.65 bits per heavy atom. The summed E-state index contributed by atoms with van der Waals surface area (Å²) in [6.45, 7) is 3.74.